The van der Waals surface area contributed by atoms with Crippen LogP contribution in [0.5, 0.6) is 5.75 Å². The molecule has 170 valence electrons. The number of fused-ring (bicyclic) bond motifs is 1. The smallest absolute Gasteiger partial charge is 0.393 e. The number of nitrogens with one attached hydrogen (secondary N) is 1. The van der Waals surface area contributed by atoms with Crippen LogP contribution < -0.4 is 20.7 Å². The van der Waals surface area contributed by atoms with E-state index in [1.165, 1.54) is 36.5 Å². The molecule has 9 heteroatoms. The minimum absolute atomic E-state index is 0.104. The lowest BCUT2D eigenvalue weighted by Crippen LogP contribution is -2.32. The summed E-state index contributed by atoms with van der Waals surface area (Å²) in [6, 6.07) is 12.5. The fourth-order valence-electron chi connectivity index (χ4n) is 3.27. The van der Waals surface area contributed by atoms with E-state index in [1.807, 2.05) is 11.0 Å². The van der Waals surface area contributed by atoms with Gasteiger partial charge in [0.05, 0.1) is 29.8 Å². The van der Waals surface area contributed by atoms with Gasteiger partial charge in [-0.1, -0.05) is 24.8 Å². The van der Waals surface area contributed by atoms with Gasteiger partial charge >= 0.3 is 6.18 Å². The number of allylic oxidation sites excluding steroid dienone is 3. The molecule has 0 aromatic heterocycles. The molecule has 0 fully saturated rings. The van der Waals surface area contributed by atoms with E-state index in [0.717, 1.165) is 0 Å². The van der Waals surface area contributed by atoms with Crippen LogP contribution in [0.4, 0.5) is 24.5 Å². The fourth-order valence-corrected chi connectivity index (χ4v) is 3.27. The summed E-state index contributed by atoms with van der Waals surface area (Å²) >= 11 is 0. The zero-order valence-corrected chi connectivity index (χ0v) is 17.5. The Morgan fingerprint density at radius 1 is 1.24 bits per heavy atom. The summed E-state index contributed by atoms with van der Waals surface area (Å²) in [5, 5.41) is 11.7. The van der Waals surface area contributed by atoms with Gasteiger partial charge < -0.3 is 20.7 Å². The first-order valence-electron chi connectivity index (χ1n) is 9.91. The van der Waals surface area contributed by atoms with Gasteiger partial charge in [-0.05, 0) is 42.0 Å². The minimum Gasteiger partial charge on any atom is -0.489 e. The van der Waals surface area contributed by atoms with Crippen LogP contribution in [-0.2, 0) is 6.42 Å². The molecule has 1 aliphatic heterocycles. The van der Waals surface area contributed by atoms with Crippen LogP contribution in [0.25, 0.3) is 0 Å². The first-order valence-corrected chi connectivity index (χ1v) is 9.91. The molecule has 2 aromatic carbocycles. The Hall–Kier alpha value is -4.19. The number of alkyl halides is 3. The molecule has 0 radical (unpaired) electrons. The maximum absolute atomic E-state index is 12.9. The number of anilines is 2. The third-order valence-corrected chi connectivity index (χ3v) is 4.82. The van der Waals surface area contributed by atoms with Gasteiger partial charge in [-0.2, -0.15) is 18.4 Å². The molecule has 0 aliphatic carbocycles. The first-order chi connectivity index (χ1) is 15.7. The number of ether oxygens (including phenoxy) is 1. The topological polar surface area (TPSA) is 91.4 Å². The van der Waals surface area contributed by atoms with E-state index in [2.05, 4.69) is 11.9 Å². The molecule has 3 rings (SSSR count). The lowest BCUT2D eigenvalue weighted by Gasteiger charge is -2.32. The van der Waals surface area contributed by atoms with Crippen molar-refractivity contribution in [2.24, 2.45) is 5.73 Å². The van der Waals surface area contributed by atoms with Gasteiger partial charge in [0.1, 0.15) is 12.7 Å². The van der Waals surface area contributed by atoms with Gasteiger partial charge in [-0.3, -0.25) is 4.79 Å². The third kappa shape index (κ3) is 5.95. The van der Waals surface area contributed by atoms with Gasteiger partial charge in [0.25, 0.3) is 5.91 Å². The number of para-hydroxylation sites is 1. The molecule has 0 saturated heterocycles. The number of hydrogen-bond donors (Lipinski definition) is 2. The van der Waals surface area contributed by atoms with Crippen LogP contribution in [0.3, 0.4) is 0 Å². The summed E-state index contributed by atoms with van der Waals surface area (Å²) in [5.41, 5.74) is 7.60. The van der Waals surface area contributed by atoms with Gasteiger partial charge in [-0.25, -0.2) is 0 Å². The van der Waals surface area contributed by atoms with Crippen LogP contribution >= 0.6 is 0 Å². The summed E-state index contributed by atoms with van der Waals surface area (Å²) < 4.78 is 43.3. The van der Waals surface area contributed by atoms with Gasteiger partial charge in [0, 0.05) is 17.6 Å². The maximum Gasteiger partial charge on any atom is 0.393 e. The van der Waals surface area contributed by atoms with Crippen molar-refractivity contribution in [3.05, 3.63) is 89.8 Å². The van der Waals surface area contributed by atoms with Gasteiger partial charge in [0.15, 0.2) is 5.75 Å². The van der Waals surface area contributed by atoms with E-state index in [-0.39, 0.29) is 16.7 Å². The Kier molecular flexibility index (Phi) is 7.08. The molecule has 1 aliphatic rings. The van der Waals surface area contributed by atoms with Crippen LogP contribution in [0.1, 0.15) is 15.9 Å². The number of nitriles is 1. The highest BCUT2D eigenvalue weighted by Gasteiger charge is 2.28. The van der Waals surface area contributed by atoms with E-state index < -0.39 is 18.5 Å². The lowest BCUT2D eigenvalue weighted by molar-refractivity contribution is -0.127. The standard InChI is InChI=1S/C24H21F3N4O2/c1-16(5-6-18(14-28)15-29)31-11-12-33-22-20(3-2-4-21(22)31)23(32)30-19-9-7-17(8-10-19)13-24(25,26)27/h2-10,14H,1,11-13,28H2,(H,30,32)/b6-5-,18-14+. The Bertz CT molecular complexity index is 1150. The number of carbonyl (C=O) groups excluding carboxylic acids is 1. The Morgan fingerprint density at radius 2 is 1.97 bits per heavy atom. The van der Waals surface area contributed by atoms with Crippen LogP contribution in [0, 0.1) is 11.3 Å². The largest absolute Gasteiger partial charge is 0.489 e. The fraction of sp³-hybridized carbons (Fsp3) is 0.167. The SMILES string of the molecule is C=C(/C=C\C(C#N)=C/N)N1CCOc2c(C(=O)Nc3ccc(CC(F)(F)F)cc3)cccc21. The Balaban J connectivity index is 1.79. The lowest BCUT2D eigenvalue weighted by atomic mass is 10.1. The van der Waals surface area contributed by atoms with Crippen molar-refractivity contribution in [2.45, 2.75) is 12.6 Å². The van der Waals surface area contributed by atoms with Crippen molar-refractivity contribution in [1.82, 2.24) is 0 Å². The van der Waals surface area contributed by atoms with Crippen molar-refractivity contribution in [2.75, 3.05) is 23.4 Å². The van der Waals surface area contributed by atoms with E-state index >= 15 is 0 Å². The highest BCUT2D eigenvalue weighted by Crippen LogP contribution is 2.37. The maximum atomic E-state index is 12.9. The summed E-state index contributed by atoms with van der Waals surface area (Å²) in [5.74, 6) is -0.101. The molecule has 33 heavy (non-hydrogen) atoms. The molecule has 1 heterocycles. The van der Waals surface area contributed by atoms with Crippen molar-refractivity contribution in [1.29, 1.82) is 5.26 Å². The molecule has 0 saturated carbocycles. The van der Waals surface area contributed by atoms with Crippen molar-refractivity contribution < 1.29 is 22.7 Å². The van der Waals surface area contributed by atoms with Crippen molar-refractivity contribution in [3.8, 4) is 11.8 Å². The number of rotatable bonds is 6. The molecular weight excluding hydrogens is 433 g/mol. The number of carbonyl (C=O) groups is 1. The van der Waals surface area contributed by atoms with Crippen molar-refractivity contribution in [3.63, 3.8) is 0 Å². The average Bonchev–Trinajstić information content (AvgIpc) is 2.79. The third-order valence-electron chi connectivity index (χ3n) is 4.82. The highest BCUT2D eigenvalue weighted by molar-refractivity contribution is 6.07. The number of nitrogens with zero attached hydrogens (tertiary/aromatic N) is 2. The molecule has 0 spiro atoms. The monoisotopic (exact) mass is 454 g/mol. The van der Waals surface area contributed by atoms with E-state index in [9.17, 15) is 18.0 Å². The van der Waals surface area contributed by atoms with E-state index in [0.29, 0.717) is 36.0 Å². The molecule has 6 nitrogen and oxygen atoms in total. The zero-order chi connectivity index (χ0) is 24.0. The second-order valence-corrected chi connectivity index (χ2v) is 7.16. The first kappa shape index (κ1) is 23.5. The minimum atomic E-state index is -4.30. The molecule has 0 bridgehead atoms. The number of halogens is 3. The van der Waals surface area contributed by atoms with E-state index in [4.69, 9.17) is 15.7 Å². The van der Waals surface area contributed by atoms with Crippen molar-refractivity contribution >= 4 is 17.3 Å². The molecule has 0 unspecified atom stereocenters. The summed E-state index contributed by atoms with van der Waals surface area (Å²) in [7, 11) is 0. The number of hydrogen-bond acceptors (Lipinski definition) is 5. The number of benzene rings is 2. The van der Waals surface area contributed by atoms with Crippen LogP contribution in [-0.4, -0.2) is 25.2 Å². The molecule has 0 atom stereocenters. The predicted molar refractivity (Wildman–Crippen MR) is 120 cm³/mol. The average molecular weight is 454 g/mol. The zero-order valence-electron chi connectivity index (χ0n) is 17.5. The number of nitrogens with two attached hydrogens (primary N) is 1. The number of amides is 1. The molecule has 3 N–H and O–H groups in total. The molecule has 2 aromatic rings. The normalized spacial score (nSPS) is 13.8. The Morgan fingerprint density at radius 3 is 2.61 bits per heavy atom. The van der Waals surface area contributed by atoms with E-state index in [1.54, 1.807) is 24.3 Å². The summed E-state index contributed by atoms with van der Waals surface area (Å²) in [6.07, 6.45) is -0.961. The summed E-state index contributed by atoms with van der Waals surface area (Å²) in [6.45, 7) is 4.80. The van der Waals surface area contributed by atoms with Crippen LogP contribution in [0.15, 0.2) is 78.7 Å². The summed E-state index contributed by atoms with van der Waals surface area (Å²) in [4.78, 5) is 14.7. The quantitative estimate of drug-likeness (QED) is 0.489. The Labute approximate surface area is 189 Å². The second-order valence-electron chi connectivity index (χ2n) is 7.16. The molecule has 1 amide bonds. The van der Waals surface area contributed by atoms with Crippen LogP contribution in [0.2, 0.25) is 0 Å². The van der Waals surface area contributed by atoms with Gasteiger partial charge in [0.2, 0.25) is 0 Å². The highest BCUT2D eigenvalue weighted by atomic mass is 19.4. The van der Waals surface area contributed by atoms with Gasteiger partial charge in [-0.15, -0.1) is 0 Å². The molecular formula is C24H21F3N4O2. The predicted octanol–water partition coefficient (Wildman–Crippen LogP) is 4.68. The second kappa shape index (κ2) is 9.96.